The Hall–Kier alpha value is -2.72. The van der Waals surface area contributed by atoms with Crippen molar-refractivity contribution in [1.82, 2.24) is 0 Å². The van der Waals surface area contributed by atoms with Gasteiger partial charge in [-0.1, -0.05) is 41.6 Å². The Bertz CT molecular complexity index is 1020. The molecule has 3 rings (SSSR count). The molecule has 2 aromatic carbocycles. The molecule has 9 heteroatoms. The molecule has 0 radical (unpaired) electrons. The number of benzene rings is 2. The third-order valence-corrected chi connectivity index (χ3v) is 5.99. The lowest BCUT2D eigenvalue weighted by atomic mass is 9.88. The van der Waals surface area contributed by atoms with E-state index >= 15 is 0 Å². The maximum atomic E-state index is 12.8. The highest BCUT2D eigenvalue weighted by Gasteiger charge is 2.46. The maximum Gasteiger partial charge on any atom is 0.416 e. The van der Waals surface area contributed by atoms with Crippen LogP contribution in [-0.4, -0.2) is 56.7 Å². The standard InChI is InChI=1S/C26H30F3NO5/c1-5-34-25-22(32-3)16(2)35-23(24(25)33-4)21-14-18(8-11-19(21)15-30-31)7-6-17-9-12-20(13-10-17)26(27,28)29/h6-16,22-25,31H,5H2,1-4H3/b7-6+,30-15?/t16-,22-,23-,24+,25+/m0/s1. The van der Waals surface area contributed by atoms with Crippen molar-refractivity contribution in [3.05, 3.63) is 70.3 Å². The van der Waals surface area contributed by atoms with Gasteiger partial charge in [0.05, 0.1) is 17.9 Å². The summed E-state index contributed by atoms with van der Waals surface area (Å²) in [6.07, 6.45) is -1.64. The summed E-state index contributed by atoms with van der Waals surface area (Å²) in [4.78, 5) is 0. The van der Waals surface area contributed by atoms with Crippen LogP contribution in [0.2, 0.25) is 0 Å². The predicted molar refractivity (Wildman–Crippen MR) is 126 cm³/mol. The maximum absolute atomic E-state index is 12.8. The van der Waals surface area contributed by atoms with Crippen LogP contribution in [0.3, 0.4) is 0 Å². The third kappa shape index (κ3) is 6.29. The Morgan fingerprint density at radius 2 is 1.60 bits per heavy atom. The highest BCUT2D eigenvalue weighted by Crippen LogP contribution is 2.38. The lowest BCUT2D eigenvalue weighted by Crippen LogP contribution is -2.56. The van der Waals surface area contributed by atoms with Crippen LogP contribution >= 0.6 is 0 Å². The Balaban J connectivity index is 1.96. The molecular formula is C26H30F3NO5. The number of ether oxygens (including phenoxy) is 4. The fourth-order valence-electron chi connectivity index (χ4n) is 4.33. The van der Waals surface area contributed by atoms with Crippen LogP contribution in [0.1, 0.15) is 47.8 Å². The zero-order chi connectivity index (χ0) is 25.6. The van der Waals surface area contributed by atoms with Gasteiger partial charge in [0.1, 0.15) is 24.4 Å². The van der Waals surface area contributed by atoms with Crippen LogP contribution < -0.4 is 0 Å². The van der Waals surface area contributed by atoms with Gasteiger partial charge < -0.3 is 24.2 Å². The average Bonchev–Trinajstić information content (AvgIpc) is 2.83. The molecule has 0 amide bonds. The molecule has 0 bridgehead atoms. The first-order valence-electron chi connectivity index (χ1n) is 11.2. The molecule has 1 N–H and O–H groups in total. The normalized spacial score (nSPS) is 25.5. The van der Waals surface area contributed by atoms with Crippen molar-refractivity contribution < 1.29 is 37.3 Å². The van der Waals surface area contributed by atoms with E-state index in [1.807, 2.05) is 26.0 Å². The Kier molecular flexibility index (Phi) is 9.07. The van der Waals surface area contributed by atoms with Crippen molar-refractivity contribution in [2.75, 3.05) is 20.8 Å². The molecule has 0 spiro atoms. The van der Waals surface area contributed by atoms with Gasteiger partial charge in [0.15, 0.2) is 0 Å². The van der Waals surface area contributed by atoms with E-state index in [1.165, 1.54) is 18.3 Å². The SMILES string of the molecule is CCO[C@@H]1[C@@H](OC)[C@H](C)O[C@@H](c2cc(/C=C/c3ccc(C(F)(F)F)cc3)ccc2C=NO)[C@H]1OC. The number of hydrogen-bond acceptors (Lipinski definition) is 6. The van der Waals surface area contributed by atoms with E-state index in [2.05, 4.69) is 5.16 Å². The van der Waals surface area contributed by atoms with Crippen LogP contribution in [-0.2, 0) is 25.1 Å². The molecule has 190 valence electrons. The monoisotopic (exact) mass is 493 g/mol. The molecule has 1 saturated heterocycles. The summed E-state index contributed by atoms with van der Waals surface area (Å²) < 4.78 is 62.2. The van der Waals surface area contributed by atoms with E-state index in [0.717, 1.165) is 23.3 Å². The largest absolute Gasteiger partial charge is 0.416 e. The number of rotatable bonds is 8. The number of halogens is 3. The van der Waals surface area contributed by atoms with Crippen molar-refractivity contribution >= 4 is 18.4 Å². The van der Waals surface area contributed by atoms with Crippen LogP contribution in [0.5, 0.6) is 0 Å². The van der Waals surface area contributed by atoms with Crippen molar-refractivity contribution in [3.8, 4) is 0 Å². The van der Waals surface area contributed by atoms with E-state index in [0.29, 0.717) is 17.7 Å². The van der Waals surface area contributed by atoms with Gasteiger partial charge in [0.2, 0.25) is 0 Å². The number of methoxy groups -OCH3 is 2. The molecule has 2 aromatic rings. The summed E-state index contributed by atoms with van der Waals surface area (Å²) in [6, 6.07) is 10.4. The minimum atomic E-state index is -4.38. The van der Waals surface area contributed by atoms with Gasteiger partial charge in [-0.2, -0.15) is 13.2 Å². The van der Waals surface area contributed by atoms with Crippen molar-refractivity contribution in [2.45, 2.75) is 50.5 Å². The van der Waals surface area contributed by atoms with Gasteiger partial charge >= 0.3 is 6.18 Å². The molecular weight excluding hydrogens is 463 g/mol. The summed E-state index contributed by atoms with van der Waals surface area (Å²) in [7, 11) is 3.17. The molecule has 0 unspecified atom stereocenters. The lowest BCUT2D eigenvalue weighted by Gasteiger charge is -2.45. The molecule has 1 aliphatic rings. The topological polar surface area (TPSA) is 69.5 Å². The smallest absolute Gasteiger partial charge is 0.411 e. The first-order valence-corrected chi connectivity index (χ1v) is 11.2. The number of oxime groups is 1. The van der Waals surface area contributed by atoms with Gasteiger partial charge in [-0.3, -0.25) is 0 Å². The number of alkyl halides is 3. The van der Waals surface area contributed by atoms with Gasteiger partial charge in [-0.15, -0.1) is 0 Å². The van der Waals surface area contributed by atoms with Gasteiger partial charge in [0.25, 0.3) is 0 Å². The molecule has 1 fully saturated rings. The fourth-order valence-corrected chi connectivity index (χ4v) is 4.33. The fraction of sp³-hybridized carbons (Fsp3) is 0.423. The second-order valence-corrected chi connectivity index (χ2v) is 8.17. The zero-order valence-electron chi connectivity index (χ0n) is 20.0. The molecule has 0 saturated carbocycles. The zero-order valence-corrected chi connectivity index (χ0v) is 20.0. The molecule has 5 atom stereocenters. The molecule has 0 aliphatic carbocycles. The minimum Gasteiger partial charge on any atom is -0.411 e. The minimum absolute atomic E-state index is 0.307. The van der Waals surface area contributed by atoms with Crippen LogP contribution in [0.25, 0.3) is 12.2 Å². The van der Waals surface area contributed by atoms with Crippen molar-refractivity contribution in [1.29, 1.82) is 0 Å². The Morgan fingerprint density at radius 3 is 2.17 bits per heavy atom. The highest BCUT2D eigenvalue weighted by atomic mass is 19.4. The molecule has 0 aromatic heterocycles. The third-order valence-electron chi connectivity index (χ3n) is 5.99. The summed E-state index contributed by atoms with van der Waals surface area (Å²) in [5.41, 5.74) is 2.05. The number of hydrogen-bond donors (Lipinski definition) is 1. The summed E-state index contributed by atoms with van der Waals surface area (Å²) in [6.45, 7) is 4.25. The van der Waals surface area contributed by atoms with Crippen LogP contribution in [0.15, 0.2) is 47.6 Å². The second-order valence-electron chi connectivity index (χ2n) is 8.17. The highest BCUT2D eigenvalue weighted by molar-refractivity contribution is 5.83. The Labute approximate surface area is 202 Å². The van der Waals surface area contributed by atoms with E-state index in [1.54, 1.807) is 32.4 Å². The summed E-state index contributed by atoms with van der Waals surface area (Å²) in [5.74, 6) is 0. The average molecular weight is 494 g/mol. The van der Waals surface area contributed by atoms with E-state index in [9.17, 15) is 18.4 Å². The van der Waals surface area contributed by atoms with Crippen LogP contribution in [0, 0.1) is 0 Å². The van der Waals surface area contributed by atoms with Gasteiger partial charge in [-0.05, 0) is 48.7 Å². The first kappa shape index (κ1) is 26.9. The van der Waals surface area contributed by atoms with Crippen molar-refractivity contribution in [2.24, 2.45) is 5.16 Å². The molecule has 35 heavy (non-hydrogen) atoms. The van der Waals surface area contributed by atoms with E-state index < -0.39 is 30.1 Å². The second kappa shape index (κ2) is 11.8. The first-order chi connectivity index (χ1) is 16.7. The summed E-state index contributed by atoms with van der Waals surface area (Å²) in [5, 5.41) is 12.4. The van der Waals surface area contributed by atoms with Crippen molar-refractivity contribution in [3.63, 3.8) is 0 Å². The molecule has 1 heterocycles. The van der Waals surface area contributed by atoms with Gasteiger partial charge in [-0.25, -0.2) is 0 Å². The van der Waals surface area contributed by atoms with Crippen LogP contribution in [0.4, 0.5) is 13.2 Å². The lowest BCUT2D eigenvalue weighted by molar-refractivity contribution is -0.245. The molecule has 1 aliphatic heterocycles. The molecule has 6 nitrogen and oxygen atoms in total. The van der Waals surface area contributed by atoms with E-state index in [-0.39, 0.29) is 12.2 Å². The number of nitrogens with zero attached hydrogens (tertiary/aromatic N) is 1. The Morgan fingerprint density at radius 1 is 0.971 bits per heavy atom. The van der Waals surface area contributed by atoms with E-state index in [4.69, 9.17) is 18.9 Å². The predicted octanol–water partition coefficient (Wildman–Crippen LogP) is 5.58. The summed E-state index contributed by atoms with van der Waals surface area (Å²) >= 11 is 0. The quantitative estimate of drug-likeness (QED) is 0.225. The van der Waals surface area contributed by atoms with Gasteiger partial charge in [0, 0.05) is 26.4 Å².